The van der Waals surface area contributed by atoms with Crippen LogP contribution in [0.15, 0.2) is 41.5 Å². The Balaban J connectivity index is 1.57. The van der Waals surface area contributed by atoms with Crippen LogP contribution >= 0.6 is 11.3 Å². The fraction of sp³-hybridized carbons (Fsp3) is 0.316. The molecular formula is C19H19N3O2S. The van der Waals surface area contributed by atoms with Gasteiger partial charge in [0.2, 0.25) is 5.91 Å². The highest BCUT2D eigenvalue weighted by molar-refractivity contribution is 7.18. The monoisotopic (exact) mass is 353 g/mol. The Morgan fingerprint density at radius 3 is 2.88 bits per heavy atom. The topological polar surface area (TPSA) is 55.2 Å². The summed E-state index contributed by atoms with van der Waals surface area (Å²) in [5.74, 6) is -0.0982. The van der Waals surface area contributed by atoms with Crippen molar-refractivity contribution in [2.75, 3.05) is 7.05 Å². The minimum absolute atomic E-state index is 0.0235. The van der Waals surface area contributed by atoms with Gasteiger partial charge in [-0.05, 0) is 30.4 Å². The molecule has 128 valence electrons. The quantitative estimate of drug-likeness (QED) is 0.724. The van der Waals surface area contributed by atoms with Gasteiger partial charge in [-0.25, -0.2) is 4.98 Å². The third-order valence-corrected chi connectivity index (χ3v) is 5.89. The van der Waals surface area contributed by atoms with Crippen LogP contribution in [0.5, 0.6) is 0 Å². The average Bonchev–Trinajstić information content (AvgIpc) is 3.19. The number of likely N-dealkylation sites (N-methyl/N-ethyl adjacent to an activating group) is 1. The molecule has 25 heavy (non-hydrogen) atoms. The Hall–Kier alpha value is -2.47. The SMILES string of the molecule is CN(Cc1ccccc1)C(=O)Cn1cnc2sc3c(c2c1=O)CCC3. The van der Waals surface area contributed by atoms with Crippen LogP contribution in [0.3, 0.4) is 0 Å². The number of aryl methyl sites for hydroxylation is 2. The van der Waals surface area contributed by atoms with E-state index in [1.807, 2.05) is 30.3 Å². The normalized spacial score (nSPS) is 13.2. The van der Waals surface area contributed by atoms with Crippen molar-refractivity contribution in [2.24, 2.45) is 0 Å². The Labute approximate surface area is 149 Å². The first-order chi connectivity index (χ1) is 12.1. The van der Waals surface area contributed by atoms with E-state index in [9.17, 15) is 9.59 Å². The molecule has 0 saturated heterocycles. The zero-order chi connectivity index (χ0) is 17.4. The molecule has 0 atom stereocenters. The van der Waals surface area contributed by atoms with Crippen LogP contribution in [0.2, 0.25) is 0 Å². The number of carbonyl (C=O) groups is 1. The third-order valence-electron chi connectivity index (χ3n) is 4.69. The Morgan fingerprint density at radius 2 is 2.08 bits per heavy atom. The molecule has 0 N–H and O–H groups in total. The first kappa shape index (κ1) is 16.0. The molecule has 1 aromatic carbocycles. The molecule has 0 radical (unpaired) electrons. The van der Waals surface area contributed by atoms with Crippen LogP contribution in [0, 0.1) is 0 Å². The summed E-state index contributed by atoms with van der Waals surface area (Å²) in [7, 11) is 1.76. The maximum atomic E-state index is 12.8. The summed E-state index contributed by atoms with van der Waals surface area (Å²) < 4.78 is 1.44. The van der Waals surface area contributed by atoms with Crippen LogP contribution in [0.25, 0.3) is 10.2 Å². The molecule has 5 nitrogen and oxygen atoms in total. The molecule has 4 rings (SSSR count). The second kappa shape index (κ2) is 6.44. The van der Waals surface area contributed by atoms with Crippen LogP contribution in [-0.2, 0) is 30.7 Å². The third kappa shape index (κ3) is 2.98. The van der Waals surface area contributed by atoms with Crippen molar-refractivity contribution in [2.45, 2.75) is 32.4 Å². The molecule has 1 amide bonds. The fourth-order valence-electron chi connectivity index (χ4n) is 3.34. The number of benzene rings is 1. The number of nitrogens with zero attached hydrogens (tertiary/aromatic N) is 3. The van der Waals surface area contributed by atoms with Gasteiger partial charge in [0.05, 0.1) is 11.7 Å². The van der Waals surface area contributed by atoms with Crippen molar-refractivity contribution in [1.29, 1.82) is 0 Å². The lowest BCUT2D eigenvalue weighted by atomic mass is 10.2. The van der Waals surface area contributed by atoms with Crippen molar-refractivity contribution in [3.63, 3.8) is 0 Å². The van der Waals surface area contributed by atoms with Gasteiger partial charge >= 0.3 is 0 Å². The average molecular weight is 353 g/mol. The van der Waals surface area contributed by atoms with Crippen molar-refractivity contribution in [3.05, 3.63) is 63.0 Å². The van der Waals surface area contributed by atoms with Gasteiger partial charge in [0.15, 0.2) is 0 Å². The van der Waals surface area contributed by atoms with Gasteiger partial charge in [-0.2, -0.15) is 0 Å². The molecule has 6 heteroatoms. The Bertz CT molecular complexity index is 991. The molecule has 3 aromatic rings. The molecule has 0 unspecified atom stereocenters. The van der Waals surface area contributed by atoms with E-state index < -0.39 is 0 Å². The largest absolute Gasteiger partial charge is 0.340 e. The maximum Gasteiger partial charge on any atom is 0.262 e. The lowest BCUT2D eigenvalue weighted by molar-refractivity contribution is -0.131. The summed E-state index contributed by atoms with van der Waals surface area (Å²) in [6.45, 7) is 0.549. The predicted octanol–water partition coefficient (Wildman–Crippen LogP) is 2.61. The van der Waals surface area contributed by atoms with Crippen molar-refractivity contribution in [3.8, 4) is 0 Å². The summed E-state index contributed by atoms with van der Waals surface area (Å²) in [5.41, 5.74) is 2.12. The van der Waals surface area contributed by atoms with Crippen LogP contribution in [-0.4, -0.2) is 27.4 Å². The predicted molar refractivity (Wildman–Crippen MR) is 98.8 cm³/mol. The van der Waals surface area contributed by atoms with Gasteiger partial charge in [0.25, 0.3) is 5.56 Å². The van der Waals surface area contributed by atoms with E-state index in [2.05, 4.69) is 4.98 Å². The smallest absolute Gasteiger partial charge is 0.262 e. The summed E-state index contributed by atoms with van der Waals surface area (Å²) in [6.07, 6.45) is 4.58. The van der Waals surface area contributed by atoms with Crippen LogP contribution in [0.4, 0.5) is 0 Å². The summed E-state index contributed by atoms with van der Waals surface area (Å²) in [6, 6.07) is 9.82. The van der Waals surface area contributed by atoms with Gasteiger partial charge in [0, 0.05) is 18.5 Å². The van der Waals surface area contributed by atoms with Gasteiger partial charge in [-0.15, -0.1) is 11.3 Å². The highest BCUT2D eigenvalue weighted by Crippen LogP contribution is 2.34. The van der Waals surface area contributed by atoms with E-state index in [1.165, 1.54) is 15.8 Å². The number of thiophene rings is 1. The highest BCUT2D eigenvalue weighted by atomic mass is 32.1. The van der Waals surface area contributed by atoms with E-state index in [4.69, 9.17) is 0 Å². The van der Waals surface area contributed by atoms with Crippen LogP contribution in [0.1, 0.15) is 22.4 Å². The van der Waals surface area contributed by atoms with Gasteiger partial charge in [-0.1, -0.05) is 30.3 Å². The van der Waals surface area contributed by atoms with Crippen molar-refractivity contribution >= 4 is 27.5 Å². The number of hydrogen-bond donors (Lipinski definition) is 0. The summed E-state index contributed by atoms with van der Waals surface area (Å²) in [4.78, 5) is 33.5. The first-order valence-electron chi connectivity index (χ1n) is 8.41. The maximum absolute atomic E-state index is 12.8. The minimum atomic E-state index is -0.0982. The molecule has 0 spiro atoms. The Kier molecular flexibility index (Phi) is 4.13. The molecule has 1 aliphatic carbocycles. The van der Waals surface area contributed by atoms with Crippen molar-refractivity contribution < 1.29 is 4.79 Å². The van der Waals surface area contributed by atoms with E-state index in [0.29, 0.717) is 6.54 Å². The molecule has 0 bridgehead atoms. The summed E-state index contributed by atoms with van der Waals surface area (Å²) in [5, 5.41) is 0.721. The molecule has 0 aliphatic heterocycles. The number of carbonyl (C=O) groups excluding carboxylic acids is 1. The van der Waals surface area contributed by atoms with Crippen molar-refractivity contribution in [1.82, 2.24) is 14.5 Å². The second-order valence-corrected chi connectivity index (χ2v) is 7.53. The number of hydrogen-bond acceptors (Lipinski definition) is 4. The zero-order valence-corrected chi connectivity index (χ0v) is 14.9. The molecule has 1 aliphatic rings. The van der Waals surface area contributed by atoms with E-state index >= 15 is 0 Å². The van der Waals surface area contributed by atoms with E-state index in [1.54, 1.807) is 23.3 Å². The van der Waals surface area contributed by atoms with E-state index in [-0.39, 0.29) is 18.0 Å². The van der Waals surface area contributed by atoms with Gasteiger partial charge in [-0.3, -0.25) is 14.2 Å². The van der Waals surface area contributed by atoms with Crippen LogP contribution < -0.4 is 5.56 Å². The first-order valence-corrected chi connectivity index (χ1v) is 9.22. The second-order valence-electron chi connectivity index (χ2n) is 6.45. The minimum Gasteiger partial charge on any atom is -0.340 e. The molecule has 2 heterocycles. The number of rotatable bonds is 4. The fourth-order valence-corrected chi connectivity index (χ4v) is 4.56. The Morgan fingerprint density at radius 1 is 1.28 bits per heavy atom. The van der Waals surface area contributed by atoms with Gasteiger partial charge < -0.3 is 4.90 Å². The lowest BCUT2D eigenvalue weighted by Gasteiger charge is -2.17. The number of aromatic nitrogens is 2. The molecule has 0 saturated carbocycles. The lowest BCUT2D eigenvalue weighted by Crippen LogP contribution is -2.33. The highest BCUT2D eigenvalue weighted by Gasteiger charge is 2.22. The summed E-state index contributed by atoms with van der Waals surface area (Å²) >= 11 is 1.62. The molecular weight excluding hydrogens is 334 g/mol. The number of amides is 1. The zero-order valence-electron chi connectivity index (χ0n) is 14.1. The molecule has 2 aromatic heterocycles. The molecule has 0 fully saturated rings. The number of fused-ring (bicyclic) bond motifs is 3. The van der Waals surface area contributed by atoms with E-state index in [0.717, 1.165) is 40.6 Å². The van der Waals surface area contributed by atoms with Gasteiger partial charge in [0.1, 0.15) is 11.4 Å². The standard InChI is InChI=1S/C19H19N3O2S/c1-21(10-13-6-3-2-4-7-13)16(23)11-22-12-20-18-17(19(22)24)14-8-5-9-15(14)25-18/h2-4,6-7,12H,5,8-11H2,1H3.